The van der Waals surface area contributed by atoms with Crippen molar-refractivity contribution in [2.45, 2.75) is 90.3 Å². The minimum absolute atomic E-state index is 0.435. The summed E-state index contributed by atoms with van der Waals surface area (Å²) in [7, 11) is 0. The molecule has 2 saturated carbocycles. The molecule has 3 nitrogen and oxygen atoms in total. The Morgan fingerprint density at radius 3 is 2.67 bits per heavy atom. The molecule has 118 valence electrons. The Hall–Kier alpha value is -0.830. The maximum Gasteiger partial charge on any atom is 0.0762 e. The number of hydrogen-bond donors (Lipinski definition) is 1. The summed E-state index contributed by atoms with van der Waals surface area (Å²) in [5, 5.41) is 8.59. The van der Waals surface area contributed by atoms with Crippen molar-refractivity contribution in [1.82, 2.24) is 15.1 Å². The standard InChI is InChI=1S/C18H31N3/c1-18(2)12-7-6-10-17(18)19-14-15-11-13-21(20-15)16-8-4-3-5-9-16/h11,13,16-17,19H,3-10,12,14H2,1-2H3. The lowest BCUT2D eigenvalue weighted by Crippen LogP contribution is -2.43. The molecule has 0 spiro atoms. The van der Waals surface area contributed by atoms with Gasteiger partial charge >= 0.3 is 0 Å². The molecule has 2 fully saturated rings. The predicted molar refractivity (Wildman–Crippen MR) is 87.2 cm³/mol. The topological polar surface area (TPSA) is 29.9 Å². The summed E-state index contributed by atoms with van der Waals surface area (Å²) in [6.07, 6.45) is 14.4. The first-order valence-corrected chi connectivity index (χ1v) is 8.92. The summed E-state index contributed by atoms with van der Waals surface area (Å²) < 4.78 is 2.22. The molecule has 1 atom stereocenters. The summed E-state index contributed by atoms with van der Waals surface area (Å²) in [6, 6.07) is 3.50. The third-order valence-electron chi connectivity index (χ3n) is 5.65. The number of nitrogens with one attached hydrogen (secondary N) is 1. The summed E-state index contributed by atoms with van der Waals surface area (Å²) in [5.74, 6) is 0. The fourth-order valence-electron chi connectivity index (χ4n) is 4.12. The number of aromatic nitrogens is 2. The van der Waals surface area contributed by atoms with Crippen LogP contribution < -0.4 is 5.32 Å². The SMILES string of the molecule is CC1(C)CCCCC1NCc1ccn(C2CCCCC2)n1. The van der Waals surface area contributed by atoms with E-state index in [-0.39, 0.29) is 0 Å². The third kappa shape index (κ3) is 3.68. The average Bonchev–Trinajstić information content (AvgIpc) is 2.95. The van der Waals surface area contributed by atoms with Gasteiger partial charge in [0, 0.05) is 18.8 Å². The van der Waals surface area contributed by atoms with Crippen LogP contribution in [0.1, 0.15) is 83.4 Å². The van der Waals surface area contributed by atoms with Gasteiger partial charge in [0.25, 0.3) is 0 Å². The van der Waals surface area contributed by atoms with E-state index in [1.807, 2.05) is 0 Å². The zero-order valence-electron chi connectivity index (χ0n) is 13.8. The molecule has 1 aromatic heterocycles. The second kappa shape index (κ2) is 6.51. The van der Waals surface area contributed by atoms with E-state index in [0.717, 1.165) is 6.54 Å². The second-order valence-corrected chi connectivity index (χ2v) is 7.75. The molecule has 1 N–H and O–H groups in total. The van der Waals surface area contributed by atoms with Gasteiger partial charge in [-0.15, -0.1) is 0 Å². The number of hydrogen-bond acceptors (Lipinski definition) is 2. The van der Waals surface area contributed by atoms with Crippen molar-refractivity contribution in [3.63, 3.8) is 0 Å². The van der Waals surface area contributed by atoms with E-state index in [0.29, 0.717) is 17.5 Å². The third-order valence-corrected chi connectivity index (χ3v) is 5.65. The predicted octanol–water partition coefficient (Wildman–Crippen LogP) is 4.45. The van der Waals surface area contributed by atoms with Crippen LogP contribution in [0.2, 0.25) is 0 Å². The van der Waals surface area contributed by atoms with Crippen LogP contribution in [0.25, 0.3) is 0 Å². The Bertz CT molecular complexity index is 443. The molecule has 21 heavy (non-hydrogen) atoms. The smallest absolute Gasteiger partial charge is 0.0762 e. The van der Waals surface area contributed by atoms with Crippen molar-refractivity contribution in [3.8, 4) is 0 Å². The van der Waals surface area contributed by atoms with E-state index >= 15 is 0 Å². The number of rotatable bonds is 4. The summed E-state index contributed by atoms with van der Waals surface area (Å²) in [6.45, 7) is 5.74. The molecule has 0 amide bonds. The molecule has 1 aromatic rings. The van der Waals surface area contributed by atoms with Gasteiger partial charge in [0.1, 0.15) is 0 Å². The van der Waals surface area contributed by atoms with Gasteiger partial charge < -0.3 is 5.32 Å². The molecule has 1 heterocycles. The fourth-order valence-corrected chi connectivity index (χ4v) is 4.12. The lowest BCUT2D eigenvalue weighted by atomic mass is 9.73. The number of nitrogens with zero attached hydrogens (tertiary/aromatic N) is 2. The molecular formula is C18H31N3. The lowest BCUT2D eigenvalue weighted by Gasteiger charge is -2.39. The maximum atomic E-state index is 4.82. The Morgan fingerprint density at radius 1 is 1.14 bits per heavy atom. The first-order valence-electron chi connectivity index (χ1n) is 8.92. The minimum Gasteiger partial charge on any atom is -0.308 e. The van der Waals surface area contributed by atoms with Crippen LogP contribution in [0, 0.1) is 5.41 Å². The van der Waals surface area contributed by atoms with Gasteiger partial charge in [-0.3, -0.25) is 4.68 Å². The maximum absolute atomic E-state index is 4.82. The van der Waals surface area contributed by atoms with E-state index in [9.17, 15) is 0 Å². The van der Waals surface area contributed by atoms with Crippen molar-refractivity contribution in [3.05, 3.63) is 18.0 Å². The van der Waals surface area contributed by atoms with Crippen molar-refractivity contribution < 1.29 is 0 Å². The first-order chi connectivity index (χ1) is 10.1. The zero-order valence-corrected chi connectivity index (χ0v) is 13.8. The normalized spacial score (nSPS) is 26.9. The van der Waals surface area contributed by atoms with Crippen LogP contribution in [0.4, 0.5) is 0 Å². The van der Waals surface area contributed by atoms with Crippen molar-refractivity contribution >= 4 is 0 Å². The van der Waals surface area contributed by atoms with Gasteiger partial charge in [0.15, 0.2) is 0 Å². The molecule has 1 unspecified atom stereocenters. The van der Waals surface area contributed by atoms with Crippen molar-refractivity contribution in [1.29, 1.82) is 0 Å². The molecule has 3 rings (SSSR count). The van der Waals surface area contributed by atoms with Crippen LogP contribution >= 0.6 is 0 Å². The molecule has 0 bridgehead atoms. The monoisotopic (exact) mass is 289 g/mol. The van der Waals surface area contributed by atoms with E-state index in [1.54, 1.807) is 0 Å². The van der Waals surface area contributed by atoms with Crippen molar-refractivity contribution in [2.24, 2.45) is 5.41 Å². The Labute approximate surface area is 129 Å². The summed E-state index contributed by atoms with van der Waals surface area (Å²) >= 11 is 0. The van der Waals surface area contributed by atoms with Crippen LogP contribution in [0.5, 0.6) is 0 Å². The van der Waals surface area contributed by atoms with Crippen LogP contribution in [-0.4, -0.2) is 15.8 Å². The Balaban J connectivity index is 1.54. The highest BCUT2D eigenvalue weighted by atomic mass is 15.3. The van der Waals surface area contributed by atoms with Crippen LogP contribution in [0.3, 0.4) is 0 Å². The lowest BCUT2D eigenvalue weighted by molar-refractivity contribution is 0.166. The second-order valence-electron chi connectivity index (χ2n) is 7.75. The van der Waals surface area contributed by atoms with E-state index < -0.39 is 0 Å². The zero-order chi connectivity index (χ0) is 14.7. The molecule has 0 saturated heterocycles. The van der Waals surface area contributed by atoms with E-state index in [2.05, 4.69) is 36.1 Å². The first kappa shape index (κ1) is 15.1. The summed E-state index contributed by atoms with van der Waals surface area (Å²) in [4.78, 5) is 0. The van der Waals surface area contributed by atoms with Crippen LogP contribution in [0.15, 0.2) is 12.3 Å². The Morgan fingerprint density at radius 2 is 1.90 bits per heavy atom. The molecule has 2 aliphatic rings. The van der Waals surface area contributed by atoms with Gasteiger partial charge in [0.2, 0.25) is 0 Å². The minimum atomic E-state index is 0.435. The molecule has 2 aliphatic carbocycles. The average molecular weight is 289 g/mol. The fraction of sp³-hybridized carbons (Fsp3) is 0.833. The largest absolute Gasteiger partial charge is 0.308 e. The van der Waals surface area contributed by atoms with Crippen molar-refractivity contribution in [2.75, 3.05) is 0 Å². The molecule has 0 aliphatic heterocycles. The van der Waals surface area contributed by atoms with E-state index in [1.165, 1.54) is 63.5 Å². The Kier molecular flexibility index (Phi) is 4.68. The van der Waals surface area contributed by atoms with Crippen LogP contribution in [-0.2, 0) is 6.54 Å². The highest BCUT2D eigenvalue weighted by Crippen LogP contribution is 2.35. The molecule has 3 heteroatoms. The van der Waals surface area contributed by atoms with Gasteiger partial charge in [-0.05, 0) is 37.2 Å². The van der Waals surface area contributed by atoms with Gasteiger partial charge in [0.05, 0.1) is 11.7 Å². The van der Waals surface area contributed by atoms with Gasteiger partial charge in [-0.1, -0.05) is 46.0 Å². The quantitative estimate of drug-likeness (QED) is 0.887. The van der Waals surface area contributed by atoms with Gasteiger partial charge in [-0.25, -0.2) is 0 Å². The van der Waals surface area contributed by atoms with Gasteiger partial charge in [-0.2, -0.15) is 5.10 Å². The van der Waals surface area contributed by atoms with E-state index in [4.69, 9.17) is 5.10 Å². The highest BCUT2D eigenvalue weighted by Gasteiger charge is 2.31. The molecule has 0 radical (unpaired) electrons. The highest BCUT2D eigenvalue weighted by molar-refractivity contribution is 5.01. The summed E-state index contributed by atoms with van der Waals surface area (Å²) in [5.41, 5.74) is 1.64. The molecular weight excluding hydrogens is 258 g/mol. The molecule has 0 aromatic carbocycles.